The van der Waals surface area contributed by atoms with Crippen molar-refractivity contribution in [2.24, 2.45) is 0 Å². The lowest BCUT2D eigenvalue weighted by Crippen LogP contribution is -2.06. The number of pyridine rings is 1. The number of fused-ring (bicyclic) bond motifs is 1. The molecule has 0 fully saturated rings. The molecule has 0 aliphatic heterocycles. The zero-order chi connectivity index (χ0) is 19.0. The van der Waals surface area contributed by atoms with Crippen molar-refractivity contribution >= 4 is 39.9 Å². The van der Waals surface area contributed by atoms with Gasteiger partial charge in [0, 0.05) is 38.1 Å². The topological polar surface area (TPSA) is 49.9 Å². The van der Waals surface area contributed by atoms with Crippen LogP contribution in [0, 0.1) is 0 Å². The molecule has 132 valence electrons. The second-order valence-electron chi connectivity index (χ2n) is 6.15. The minimum absolute atomic E-state index is 0.114. The van der Waals surface area contributed by atoms with E-state index in [1.54, 1.807) is 54.6 Å². The number of benzene rings is 3. The predicted molar refractivity (Wildman–Crippen MR) is 110 cm³/mol. The first-order valence-corrected chi connectivity index (χ1v) is 9.00. The summed E-state index contributed by atoms with van der Waals surface area (Å²) in [6.45, 7) is 0. The number of nitrogens with one attached hydrogen (secondary N) is 1. The molecule has 1 aromatic heterocycles. The molecule has 5 heteroatoms. The van der Waals surface area contributed by atoms with E-state index in [2.05, 4.69) is 4.98 Å². The normalized spacial score (nSPS) is 10.9. The van der Waals surface area contributed by atoms with E-state index in [4.69, 9.17) is 23.2 Å². The summed E-state index contributed by atoms with van der Waals surface area (Å²) in [4.78, 5) is 27.7. The highest BCUT2D eigenvalue weighted by atomic mass is 35.5. The lowest BCUT2D eigenvalue weighted by atomic mass is 9.97. The van der Waals surface area contributed by atoms with E-state index in [0.29, 0.717) is 26.7 Å². The summed E-state index contributed by atoms with van der Waals surface area (Å²) in [6.07, 6.45) is 0. The average molecular weight is 394 g/mol. The van der Waals surface area contributed by atoms with E-state index in [1.165, 1.54) is 6.07 Å². The minimum atomic E-state index is -0.214. The van der Waals surface area contributed by atoms with Gasteiger partial charge in [-0.05, 0) is 65.7 Å². The lowest BCUT2D eigenvalue weighted by Gasteiger charge is -2.09. The van der Waals surface area contributed by atoms with Gasteiger partial charge in [0.15, 0.2) is 5.78 Å². The van der Waals surface area contributed by atoms with Crippen LogP contribution in [-0.2, 0) is 0 Å². The number of hydrogen-bond acceptors (Lipinski definition) is 2. The second kappa shape index (κ2) is 7.03. The van der Waals surface area contributed by atoms with Gasteiger partial charge in [0.2, 0.25) is 5.56 Å². The molecule has 0 aliphatic rings. The SMILES string of the molecule is O=C(c1ccc(Cl)cc1)c1ccc2[nH]c(=O)cc(-c3cccc(Cl)c3)c2c1. The highest BCUT2D eigenvalue weighted by molar-refractivity contribution is 6.31. The maximum Gasteiger partial charge on any atom is 0.249 e. The van der Waals surface area contributed by atoms with Crippen LogP contribution in [0.5, 0.6) is 0 Å². The number of aromatic nitrogens is 1. The molecule has 0 radical (unpaired) electrons. The highest BCUT2D eigenvalue weighted by Crippen LogP contribution is 2.29. The van der Waals surface area contributed by atoms with Gasteiger partial charge in [0.25, 0.3) is 0 Å². The van der Waals surface area contributed by atoms with Gasteiger partial charge < -0.3 is 4.98 Å². The second-order valence-corrected chi connectivity index (χ2v) is 7.03. The van der Waals surface area contributed by atoms with Crippen molar-refractivity contribution in [3.8, 4) is 11.1 Å². The number of H-pyrrole nitrogens is 1. The molecule has 3 aromatic carbocycles. The van der Waals surface area contributed by atoms with Crippen LogP contribution in [0.3, 0.4) is 0 Å². The summed E-state index contributed by atoms with van der Waals surface area (Å²) in [6, 6.07) is 20.8. The van der Waals surface area contributed by atoms with E-state index in [9.17, 15) is 9.59 Å². The zero-order valence-electron chi connectivity index (χ0n) is 14.0. The Morgan fingerprint density at radius 1 is 0.778 bits per heavy atom. The predicted octanol–water partition coefficient (Wildman–Crippen LogP) is 5.73. The van der Waals surface area contributed by atoms with Crippen LogP contribution in [0.15, 0.2) is 77.6 Å². The first-order chi connectivity index (χ1) is 13.0. The van der Waals surface area contributed by atoms with Gasteiger partial charge in [-0.15, -0.1) is 0 Å². The van der Waals surface area contributed by atoms with E-state index >= 15 is 0 Å². The molecule has 3 nitrogen and oxygen atoms in total. The van der Waals surface area contributed by atoms with E-state index in [0.717, 1.165) is 16.5 Å². The Balaban J connectivity index is 1.89. The maximum atomic E-state index is 12.8. The van der Waals surface area contributed by atoms with Crippen molar-refractivity contribution < 1.29 is 4.79 Å². The Labute approximate surface area is 165 Å². The number of halogens is 2. The number of hydrogen-bond donors (Lipinski definition) is 1. The summed E-state index contributed by atoms with van der Waals surface area (Å²) >= 11 is 12.0. The molecule has 4 aromatic rings. The number of aromatic amines is 1. The van der Waals surface area contributed by atoms with Crippen LogP contribution < -0.4 is 5.56 Å². The fourth-order valence-corrected chi connectivity index (χ4v) is 3.37. The van der Waals surface area contributed by atoms with Crippen molar-refractivity contribution in [3.05, 3.63) is 104 Å². The van der Waals surface area contributed by atoms with Crippen molar-refractivity contribution in [3.63, 3.8) is 0 Å². The Hall–Kier alpha value is -2.88. The first kappa shape index (κ1) is 17.5. The average Bonchev–Trinajstić information content (AvgIpc) is 2.67. The number of ketones is 1. The van der Waals surface area contributed by atoms with Crippen LogP contribution in [0.2, 0.25) is 10.0 Å². The Morgan fingerprint density at radius 3 is 2.26 bits per heavy atom. The largest absolute Gasteiger partial charge is 0.322 e. The Kier molecular flexibility index (Phi) is 4.56. The summed E-state index contributed by atoms with van der Waals surface area (Å²) in [5.74, 6) is -0.114. The third-order valence-corrected chi connectivity index (χ3v) is 4.83. The van der Waals surface area contributed by atoms with E-state index < -0.39 is 0 Å². The molecule has 4 rings (SSSR count). The molecule has 0 atom stereocenters. The number of carbonyl (C=O) groups excluding carboxylic acids is 1. The van der Waals surface area contributed by atoms with Crippen LogP contribution in [0.4, 0.5) is 0 Å². The van der Waals surface area contributed by atoms with Gasteiger partial charge in [0.05, 0.1) is 0 Å². The van der Waals surface area contributed by atoms with Gasteiger partial charge in [0.1, 0.15) is 0 Å². The molecule has 0 spiro atoms. The zero-order valence-corrected chi connectivity index (χ0v) is 15.5. The molecule has 0 amide bonds. The minimum Gasteiger partial charge on any atom is -0.322 e. The molecule has 1 N–H and O–H groups in total. The molecule has 0 saturated heterocycles. The van der Waals surface area contributed by atoms with Crippen LogP contribution in [-0.4, -0.2) is 10.8 Å². The van der Waals surface area contributed by atoms with Crippen molar-refractivity contribution in [1.82, 2.24) is 4.98 Å². The smallest absolute Gasteiger partial charge is 0.249 e. The fraction of sp³-hybridized carbons (Fsp3) is 0. The Bertz CT molecular complexity index is 1230. The standard InChI is InChI=1S/C22H13Cl2NO2/c23-16-7-4-13(5-8-16)22(27)15-6-9-20-19(11-15)18(12-21(26)25-20)14-2-1-3-17(24)10-14/h1-12H,(H,25,26). The van der Waals surface area contributed by atoms with Crippen LogP contribution >= 0.6 is 23.2 Å². The van der Waals surface area contributed by atoms with Gasteiger partial charge in [-0.3, -0.25) is 9.59 Å². The summed E-state index contributed by atoms with van der Waals surface area (Å²) in [5, 5.41) is 1.93. The van der Waals surface area contributed by atoms with Gasteiger partial charge in [-0.2, -0.15) is 0 Å². The molecule has 0 aliphatic carbocycles. The van der Waals surface area contributed by atoms with Crippen molar-refractivity contribution in [2.75, 3.05) is 0 Å². The summed E-state index contributed by atoms with van der Waals surface area (Å²) in [5.41, 5.74) is 3.06. The molecule has 0 bridgehead atoms. The lowest BCUT2D eigenvalue weighted by molar-refractivity contribution is 0.103. The third-order valence-electron chi connectivity index (χ3n) is 4.35. The third kappa shape index (κ3) is 3.52. The summed E-state index contributed by atoms with van der Waals surface area (Å²) in [7, 11) is 0. The molecule has 27 heavy (non-hydrogen) atoms. The highest BCUT2D eigenvalue weighted by Gasteiger charge is 2.13. The quantitative estimate of drug-likeness (QED) is 0.451. The van der Waals surface area contributed by atoms with Gasteiger partial charge in [-0.1, -0.05) is 35.3 Å². The molecular formula is C22H13Cl2NO2. The van der Waals surface area contributed by atoms with E-state index in [1.807, 2.05) is 12.1 Å². The summed E-state index contributed by atoms with van der Waals surface area (Å²) < 4.78 is 0. The first-order valence-electron chi connectivity index (χ1n) is 8.24. The molecule has 0 saturated carbocycles. The van der Waals surface area contributed by atoms with Gasteiger partial charge in [-0.25, -0.2) is 0 Å². The monoisotopic (exact) mass is 393 g/mol. The number of rotatable bonds is 3. The van der Waals surface area contributed by atoms with Crippen molar-refractivity contribution in [1.29, 1.82) is 0 Å². The number of carbonyl (C=O) groups is 1. The molecule has 1 heterocycles. The fourth-order valence-electron chi connectivity index (χ4n) is 3.06. The van der Waals surface area contributed by atoms with Gasteiger partial charge >= 0.3 is 0 Å². The van der Waals surface area contributed by atoms with Crippen molar-refractivity contribution in [2.45, 2.75) is 0 Å². The van der Waals surface area contributed by atoms with Crippen LogP contribution in [0.25, 0.3) is 22.0 Å². The maximum absolute atomic E-state index is 12.8. The molecule has 0 unspecified atom stereocenters. The molecular weight excluding hydrogens is 381 g/mol. The van der Waals surface area contributed by atoms with Crippen LogP contribution in [0.1, 0.15) is 15.9 Å². The Morgan fingerprint density at radius 2 is 1.52 bits per heavy atom. The van der Waals surface area contributed by atoms with E-state index in [-0.39, 0.29) is 11.3 Å².